The van der Waals surface area contributed by atoms with Gasteiger partial charge in [-0.3, -0.25) is 0 Å². The van der Waals surface area contributed by atoms with Gasteiger partial charge >= 0.3 is 0 Å². The quantitative estimate of drug-likeness (QED) is 0.220. The number of aryl methyl sites for hydroxylation is 6. The summed E-state index contributed by atoms with van der Waals surface area (Å²) in [5.41, 5.74) is 18.5. The van der Waals surface area contributed by atoms with Gasteiger partial charge in [-0.25, -0.2) is 0 Å². The molecule has 0 aromatic heterocycles. The summed E-state index contributed by atoms with van der Waals surface area (Å²) in [5, 5.41) is 0. The van der Waals surface area contributed by atoms with E-state index in [1.165, 1.54) is 77.9 Å². The van der Waals surface area contributed by atoms with Crippen LogP contribution in [0.1, 0.15) is 47.2 Å². The molecule has 0 amide bonds. The Morgan fingerprint density at radius 3 is 0.974 bits per heavy atom. The molecule has 0 bridgehead atoms. The first-order valence-electron chi connectivity index (χ1n) is 13.9. The molecular formula is C38H38. The molecule has 0 radical (unpaired) electrons. The van der Waals surface area contributed by atoms with Gasteiger partial charge in [0.1, 0.15) is 0 Å². The van der Waals surface area contributed by atoms with E-state index in [2.05, 4.69) is 139 Å². The summed E-state index contributed by atoms with van der Waals surface area (Å²) >= 11 is 0. The topological polar surface area (TPSA) is 0 Å². The first kappa shape index (κ1) is 25.7. The Morgan fingerprint density at radius 2 is 0.658 bits per heavy atom. The van der Waals surface area contributed by atoms with Crippen molar-refractivity contribution in [2.75, 3.05) is 0 Å². The average molecular weight is 495 g/mol. The van der Waals surface area contributed by atoms with Crippen LogP contribution in [0, 0.1) is 27.7 Å². The van der Waals surface area contributed by atoms with E-state index in [9.17, 15) is 0 Å². The molecule has 0 fully saturated rings. The maximum Gasteiger partial charge on any atom is -0.0149 e. The minimum atomic E-state index is 1.01. The third kappa shape index (κ3) is 5.09. The highest BCUT2D eigenvalue weighted by atomic mass is 14.2. The Kier molecular flexibility index (Phi) is 7.34. The second-order valence-corrected chi connectivity index (χ2v) is 10.6. The highest BCUT2D eigenvalue weighted by Gasteiger charge is 2.13. The van der Waals surface area contributed by atoms with Crippen molar-refractivity contribution in [3.8, 4) is 44.5 Å². The van der Waals surface area contributed by atoms with Crippen LogP contribution in [0.3, 0.4) is 0 Å². The van der Waals surface area contributed by atoms with Crippen LogP contribution >= 0.6 is 0 Å². The molecule has 0 nitrogen and oxygen atoms in total. The van der Waals surface area contributed by atoms with Gasteiger partial charge in [-0.15, -0.1) is 0 Å². The van der Waals surface area contributed by atoms with Crippen molar-refractivity contribution in [3.63, 3.8) is 0 Å². The van der Waals surface area contributed by atoms with Crippen LogP contribution in [0.2, 0.25) is 0 Å². The van der Waals surface area contributed by atoms with Gasteiger partial charge in [0.15, 0.2) is 0 Å². The van der Waals surface area contributed by atoms with Crippen LogP contribution < -0.4 is 0 Å². The fourth-order valence-corrected chi connectivity index (χ4v) is 5.34. The van der Waals surface area contributed by atoms with E-state index >= 15 is 0 Å². The van der Waals surface area contributed by atoms with E-state index in [1.807, 2.05) is 0 Å². The fraction of sp³-hybridized carbons (Fsp3) is 0.211. The minimum Gasteiger partial charge on any atom is -0.0613 e. The first-order valence-corrected chi connectivity index (χ1v) is 13.9. The Labute approximate surface area is 229 Å². The van der Waals surface area contributed by atoms with Crippen molar-refractivity contribution in [1.29, 1.82) is 0 Å². The summed E-state index contributed by atoms with van der Waals surface area (Å²) in [7, 11) is 0. The third-order valence-electron chi connectivity index (χ3n) is 8.16. The largest absolute Gasteiger partial charge is 0.0613 e. The molecule has 0 unspecified atom stereocenters. The zero-order valence-corrected chi connectivity index (χ0v) is 23.7. The zero-order chi connectivity index (χ0) is 26.8. The van der Waals surface area contributed by atoms with Crippen molar-refractivity contribution in [2.45, 2.75) is 54.4 Å². The van der Waals surface area contributed by atoms with Crippen LogP contribution in [0.5, 0.6) is 0 Å². The van der Waals surface area contributed by atoms with Crippen LogP contribution in [0.4, 0.5) is 0 Å². The standard InChI is InChI=1S/C38H38/c1-7-29-23-38(34-19-15-32(16-20-34)36-12-10-26(4)28(6)22-36)30(8-2)24-37(29)33-17-13-31(14-18-33)35-11-9-25(3)27(5)21-35/h9-24H,7-8H2,1-6H3. The summed E-state index contributed by atoms with van der Waals surface area (Å²) in [6.45, 7) is 13.2. The SMILES string of the molecule is CCc1cc(-c2ccc(-c3ccc(C)c(C)c3)cc2)c(CC)cc1-c1ccc(-c2ccc(C)c(C)c2)cc1. The molecule has 0 aliphatic rings. The third-order valence-corrected chi connectivity index (χ3v) is 8.16. The molecule has 0 heterocycles. The second kappa shape index (κ2) is 10.8. The lowest BCUT2D eigenvalue weighted by Gasteiger charge is -2.17. The van der Waals surface area contributed by atoms with E-state index in [1.54, 1.807) is 0 Å². The maximum absolute atomic E-state index is 2.43. The molecule has 0 atom stereocenters. The van der Waals surface area contributed by atoms with Crippen molar-refractivity contribution in [2.24, 2.45) is 0 Å². The Balaban J connectivity index is 1.48. The van der Waals surface area contributed by atoms with E-state index < -0.39 is 0 Å². The Bertz CT molecular complexity index is 1460. The highest BCUT2D eigenvalue weighted by molar-refractivity contribution is 5.79. The molecule has 0 N–H and O–H groups in total. The van der Waals surface area contributed by atoms with Gasteiger partial charge in [0.05, 0.1) is 0 Å². The lowest BCUT2D eigenvalue weighted by Crippen LogP contribution is -1.96. The first-order chi connectivity index (χ1) is 18.4. The molecule has 0 saturated carbocycles. The van der Waals surface area contributed by atoms with E-state index in [0.29, 0.717) is 0 Å². The molecule has 5 aromatic rings. The predicted octanol–water partition coefficient (Wildman–Crippen LogP) is 10.7. The van der Waals surface area contributed by atoms with Crippen molar-refractivity contribution in [3.05, 3.63) is 130 Å². The molecule has 0 heteroatoms. The molecular weight excluding hydrogens is 456 g/mol. The monoisotopic (exact) mass is 494 g/mol. The van der Waals surface area contributed by atoms with Crippen molar-refractivity contribution >= 4 is 0 Å². The predicted molar refractivity (Wildman–Crippen MR) is 166 cm³/mol. The van der Waals surface area contributed by atoms with Crippen LogP contribution in [0.15, 0.2) is 97.1 Å². The van der Waals surface area contributed by atoms with Gasteiger partial charge in [0.25, 0.3) is 0 Å². The van der Waals surface area contributed by atoms with Crippen LogP contribution in [0.25, 0.3) is 44.5 Å². The smallest absolute Gasteiger partial charge is 0.0149 e. The lowest BCUT2D eigenvalue weighted by molar-refractivity contribution is 1.11. The van der Waals surface area contributed by atoms with Gasteiger partial charge in [-0.05, 0) is 118 Å². The van der Waals surface area contributed by atoms with E-state index in [-0.39, 0.29) is 0 Å². The number of rotatable bonds is 6. The lowest BCUT2D eigenvalue weighted by atomic mass is 9.88. The molecule has 5 aromatic carbocycles. The van der Waals surface area contributed by atoms with Gasteiger partial charge in [-0.2, -0.15) is 0 Å². The van der Waals surface area contributed by atoms with Crippen molar-refractivity contribution < 1.29 is 0 Å². The summed E-state index contributed by atoms with van der Waals surface area (Å²) in [6, 6.07) is 36.5. The summed E-state index contributed by atoms with van der Waals surface area (Å²) in [6.07, 6.45) is 2.01. The Hall–Kier alpha value is -3.90. The number of benzene rings is 5. The van der Waals surface area contributed by atoms with Gasteiger partial charge in [0.2, 0.25) is 0 Å². The summed E-state index contributed by atoms with van der Waals surface area (Å²) < 4.78 is 0. The Morgan fingerprint density at radius 1 is 0.342 bits per heavy atom. The molecule has 5 rings (SSSR count). The zero-order valence-electron chi connectivity index (χ0n) is 23.7. The second-order valence-electron chi connectivity index (χ2n) is 10.6. The number of hydrogen-bond donors (Lipinski definition) is 0. The normalized spacial score (nSPS) is 11.1. The molecule has 0 aliphatic heterocycles. The van der Waals surface area contributed by atoms with Crippen molar-refractivity contribution in [1.82, 2.24) is 0 Å². The highest BCUT2D eigenvalue weighted by Crippen LogP contribution is 2.35. The molecule has 190 valence electrons. The van der Waals surface area contributed by atoms with Gasteiger partial charge in [-0.1, -0.05) is 111 Å². The molecule has 38 heavy (non-hydrogen) atoms. The molecule has 0 aliphatic carbocycles. The molecule has 0 spiro atoms. The van der Waals surface area contributed by atoms with Gasteiger partial charge < -0.3 is 0 Å². The summed E-state index contributed by atoms with van der Waals surface area (Å²) in [4.78, 5) is 0. The average Bonchev–Trinajstić information content (AvgIpc) is 2.95. The minimum absolute atomic E-state index is 1.01. The maximum atomic E-state index is 2.43. The van der Waals surface area contributed by atoms with E-state index in [4.69, 9.17) is 0 Å². The fourth-order valence-electron chi connectivity index (χ4n) is 5.34. The van der Waals surface area contributed by atoms with E-state index in [0.717, 1.165) is 12.8 Å². The summed E-state index contributed by atoms with van der Waals surface area (Å²) in [5.74, 6) is 0. The molecule has 0 saturated heterocycles. The van der Waals surface area contributed by atoms with Crippen LogP contribution in [-0.4, -0.2) is 0 Å². The number of hydrogen-bond acceptors (Lipinski definition) is 0. The van der Waals surface area contributed by atoms with Crippen LogP contribution in [-0.2, 0) is 12.8 Å². The van der Waals surface area contributed by atoms with Gasteiger partial charge in [0, 0.05) is 0 Å².